The molecule has 3 rings (SSSR count). The summed E-state index contributed by atoms with van der Waals surface area (Å²) in [6, 6.07) is 4.75. The summed E-state index contributed by atoms with van der Waals surface area (Å²) in [4.78, 5) is 7.83. The Bertz CT molecular complexity index is 826. The second-order valence-electron chi connectivity index (χ2n) is 6.55. The van der Waals surface area contributed by atoms with Crippen LogP contribution in [0.15, 0.2) is 29.2 Å². The minimum atomic E-state index is -3.76. The molecule has 1 aromatic heterocycles. The molecule has 0 amide bonds. The standard InChI is InChI=1S/C17H22FN3O2S2/c1-12-7-9-21(10-8-12)11-16-13(2)19-17(24-16)20-25(22,23)15-5-3-14(18)4-6-15/h3-6,12H,7-11H2,1-2H3,(H,19,20). The van der Waals surface area contributed by atoms with Gasteiger partial charge in [-0.3, -0.25) is 9.62 Å². The number of likely N-dealkylation sites (tertiary alicyclic amines) is 1. The molecule has 0 aliphatic carbocycles. The average molecular weight is 384 g/mol. The molecule has 0 unspecified atom stereocenters. The second kappa shape index (κ2) is 7.39. The van der Waals surface area contributed by atoms with E-state index in [1.165, 1.54) is 36.3 Å². The van der Waals surface area contributed by atoms with Crippen molar-refractivity contribution in [3.05, 3.63) is 40.7 Å². The fourth-order valence-corrected chi connectivity index (χ4v) is 5.07. The van der Waals surface area contributed by atoms with Crippen molar-refractivity contribution in [2.45, 2.75) is 38.1 Å². The Labute approximate surface area is 151 Å². The zero-order valence-electron chi connectivity index (χ0n) is 14.3. The zero-order valence-corrected chi connectivity index (χ0v) is 16.0. The van der Waals surface area contributed by atoms with Gasteiger partial charge < -0.3 is 0 Å². The van der Waals surface area contributed by atoms with Crippen LogP contribution >= 0.6 is 11.3 Å². The minimum absolute atomic E-state index is 0.0216. The van der Waals surface area contributed by atoms with Crippen LogP contribution in [0.25, 0.3) is 0 Å². The number of aryl methyl sites for hydroxylation is 1. The van der Waals surface area contributed by atoms with Gasteiger partial charge in [-0.15, -0.1) is 0 Å². The molecular weight excluding hydrogens is 361 g/mol. The Morgan fingerprint density at radius 2 is 1.92 bits per heavy atom. The van der Waals surface area contributed by atoms with Gasteiger partial charge in [0, 0.05) is 11.4 Å². The van der Waals surface area contributed by atoms with Gasteiger partial charge in [0.05, 0.1) is 10.6 Å². The van der Waals surface area contributed by atoms with Crippen molar-refractivity contribution in [1.29, 1.82) is 0 Å². The maximum absolute atomic E-state index is 13.0. The fourth-order valence-electron chi connectivity index (χ4n) is 2.83. The number of hydrogen-bond acceptors (Lipinski definition) is 5. The Morgan fingerprint density at radius 1 is 1.28 bits per heavy atom. The van der Waals surface area contributed by atoms with Crippen LogP contribution in [0.5, 0.6) is 0 Å². The SMILES string of the molecule is Cc1nc(NS(=O)(=O)c2ccc(F)cc2)sc1CN1CCC(C)CC1. The average Bonchev–Trinajstić information content (AvgIpc) is 2.88. The molecule has 1 aliphatic heterocycles. The number of rotatable bonds is 5. The van der Waals surface area contributed by atoms with E-state index in [1.807, 2.05) is 6.92 Å². The molecule has 1 fully saturated rings. The molecule has 136 valence electrons. The van der Waals surface area contributed by atoms with Gasteiger partial charge in [0.25, 0.3) is 10.0 Å². The Kier molecular flexibility index (Phi) is 5.41. The number of nitrogens with one attached hydrogen (secondary N) is 1. The first-order chi connectivity index (χ1) is 11.8. The summed E-state index contributed by atoms with van der Waals surface area (Å²) in [6.07, 6.45) is 2.39. The lowest BCUT2D eigenvalue weighted by Crippen LogP contribution is -2.32. The van der Waals surface area contributed by atoms with Crippen LogP contribution in [0.1, 0.15) is 30.3 Å². The molecule has 5 nitrogen and oxygen atoms in total. The van der Waals surface area contributed by atoms with Crippen LogP contribution in [-0.4, -0.2) is 31.4 Å². The van der Waals surface area contributed by atoms with E-state index in [9.17, 15) is 12.8 Å². The summed E-state index contributed by atoms with van der Waals surface area (Å²) < 4.78 is 40.2. The maximum Gasteiger partial charge on any atom is 0.263 e. The highest BCUT2D eigenvalue weighted by Crippen LogP contribution is 2.28. The van der Waals surface area contributed by atoms with Crippen molar-refractivity contribution in [3.63, 3.8) is 0 Å². The van der Waals surface area contributed by atoms with Gasteiger partial charge >= 0.3 is 0 Å². The summed E-state index contributed by atoms with van der Waals surface area (Å²) in [5, 5.41) is 0.349. The topological polar surface area (TPSA) is 62.3 Å². The monoisotopic (exact) mass is 383 g/mol. The van der Waals surface area contributed by atoms with Gasteiger partial charge in [-0.05, 0) is 63.0 Å². The third-order valence-corrected chi connectivity index (χ3v) is 7.02. The van der Waals surface area contributed by atoms with E-state index in [-0.39, 0.29) is 4.90 Å². The van der Waals surface area contributed by atoms with Crippen LogP contribution in [0.2, 0.25) is 0 Å². The first-order valence-corrected chi connectivity index (χ1v) is 10.6. The molecule has 0 bridgehead atoms. The van der Waals surface area contributed by atoms with Crippen LogP contribution in [0, 0.1) is 18.7 Å². The van der Waals surface area contributed by atoms with Crippen molar-refractivity contribution in [3.8, 4) is 0 Å². The summed E-state index contributed by atoms with van der Waals surface area (Å²) in [5.41, 5.74) is 0.848. The van der Waals surface area contributed by atoms with E-state index >= 15 is 0 Å². The molecule has 2 heterocycles. The highest BCUT2D eigenvalue weighted by molar-refractivity contribution is 7.93. The predicted octanol–water partition coefficient (Wildman–Crippen LogP) is 3.62. The molecule has 0 spiro atoms. The third-order valence-electron chi connectivity index (χ3n) is 4.48. The fraction of sp³-hybridized carbons (Fsp3) is 0.471. The lowest BCUT2D eigenvalue weighted by Gasteiger charge is -2.29. The van der Waals surface area contributed by atoms with Gasteiger partial charge in [-0.25, -0.2) is 17.8 Å². The van der Waals surface area contributed by atoms with E-state index in [0.29, 0.717) is 5.13 Å². The highest BCUT2D eigenvalue weighted by Gasteiger charge is 2.20. The number of piperidine rings is 1. The van der Waals surface area contributed by atoms with Gasteiger partial charge in [-0.2, -0.15) is 0 Å². The maximum atomic E-state index is 13.0. The number of anilines is 1. The first-order valence-electron chi connectivity index (χ1n) is 8.30. The molecule has 8 heteroatoms. The van der Waals surface area contributed by atoms with Crippen molar-refractivity contribution in [2.75, 3.05) is 17.8 Å². The summed E-state index contributed by atoms with van der Waals surface area (Å²) >= 11 is 1.36. The first kappa shape index (κ1) is 18.3. The van der Waals surface area contributed by atoms with Crippen molar-refractivity contribution < 1.29 is 12.8 Å². The van der Waals surface area contributed by atoms with E-state index in [1.54, 1.807) is 0 Å². The molecular formula is C17H22FN3O2S2. The van der Waals surface area contributed by atoms with Crippen LogP contribution in [0.3, 0.4) is 0 Å². The van der Waals surface area contributed by atoms with Crippen molar-refractivity contribution >= 4 is 26.5 Å². The number of sulfonamides is 1. The van der Waals surface area contributed by atoms with Gasteiger partial charge in [0.15, 0.2) is 5.13 Å². The minimum Gasteiger partial charge on any atom is -0.298 e. The van der Waals surface area contributed by atoms with Gasteiger partial charge in [0.1, 0.15) is 5.82 Å². The van der Waals surface area contributed by atoms with E-state index in [0.717, 1.165) is 48.3 Å². The molecule has 2 aromatic rings. The quantitative estimate of drug-likeness (QED) is 0.857. The molecule has 0 saturated carbocycles. The lowest BCUT2D eigenvalue weighted by atomic mass is 9.99. The summed E-state index contributed by atoms with van der Waals surface area (Å²) in [7, 11) is -3.76. The largest absolute Gasteiger partial charge is 0.298 e. The highest BCUT2D eigenvalue weighted by atomic mass is 32.2. The molecule has 25 heavy (non-hydrogen) atoms. The van der Waals surface area contributed by atoms with Crippen LogP contribution in [0.4, 0.5) is 9.52 Å². The number of halogens is 1. The molecule has 0 atom stereocenters. The summed E-state index contributed by atoms with van der Waals surface area (Å²) in [5.74, 6) is 0.305. The van der Waals surface area contributed by atoms with Crippen molar-refractivity contribution in [2.24, 2.45) is 5.92 Å². The predicted molar refractivity (Wildman–Crippen MR) is 97.7 cm³/mol. The second-order valence-corrected chi connectivity index (χ2v) is 9.31. The van der Waals surface area contributed by atoms with Crippen LogP contribution < -0.4 is 4.72 Å². The number of aromatic nitrogens is 1. The Morgan fingerprint density at radius 3 is 2.56 bits per heavy atom. The number of benzene rings is 1. The lowest BCUT2D eigenvalue weighted by molar-refractivity contribution is 0.186. The number of thiazole rings is 1. The summed E-state index contributed by atoms with van der Waals surface area (Å²) in [6.45, 7) is 7.10. The molecule has 1 aromatic carbocycles. The molecule has 1 N–H and O–H groups in total. The van der Waals surface area contributed by atoms with Crippen LogP contribution in [-0.2, 0) is 16.6 Å². The van der Waals surface area contributed by atoms with E-state index in [2.05, 4.69) is 21.5 Å². The third kappa shape index (κ3) is 4.56. The Balaban J connectivity index is 1.70. The van der Waals surface area contributed by atoms with Gasteiger partial charge in [0.2, 0.25) is 0 Å². The number of hydrogen-bond donors (Lipinski definition) is 1. The molecule has 1 saturated heterocycles. The number of nitrogens with zero attached hydrogens (tertiary/aromatic N) is 2. The molecule has 1 aliphatic rings. The smallest absolute Gasteiger partial charge is 0.263 e. The normalized spacial score (nSPS) is 16.9. The van der Waals surface area contributed by atoms with Crippen molar-refractivity contribution in [1.82, 2.24) is 9.88 Å². The zero-order chi connectivity index (χ0) is 18.0. The Hall–Kier alpha value is -1.51. The van der Waals surface area contributed by atoms with E-state index < -0.39 is 15.8 Å². The van der Waals surface area contributed by atoms with Gasteiger partial charge in [-0.1, -0.05) is 18.3 Å². The van der Waals surface area contributed by atoms with E-state index in [4.69, 9.17) is 0 Å². The molecule has 0 radical (unpaired) electrons.